The number of benzene rings is 1. The summed E-state index contributed by atoms with van der Waals surface area (Å²) in [5.41, 5.74) is -0.608. The highest BCUT2D eigenvalue weighted by Gasteiger charge is 2.18. The molecule has 0 atom stereocenters. The van der Waals surface area contributed by atoms with Crippen LogP contribution >= 0.6 is 0 Å². The van der Waals surface area contributed by atoms with Crippen LogP contribution in [-0.2, 0) is 9.53 Å². The van der Waals surface area contributed by atoms with E-state index in [1.54, 1.807) is 0 Å². The van der Waals surface area contributed by atoms with Crippen LogP contribution in [0.2, 0.25) is 0 Å². The van der Waals surface area contributed by atoms with Crippen LogP contribution in [0.5, 0.6) is 5.75 Å². The monoisotopic (exact) mass is 260 g/mol. The summed E-state index contributed by atoms with van der Waals surface area (Å²) in [6, 6.07) is 1.68. The molecule has 7 heteroatoms. The minimum atomic E-state index is -1.34. The largest absolute Gasteiger partial charge is 0.493 e. The lowest BCUT2D eigenvalue weighted by molar-refractivity contribution is -0.137. The maximum Gasteiger partial charge on any atom is 0.341 e. The Kier molecular flexibility index (Phi) is 4.59. The molecule has 1 rings (SSSR count). The molecule has 1 aromatic rings. The van der Waals surface area contributed by atoms with Crippen LogP contribution in [0.4, 0.5) is 8.78 Å². The second-order valence-electron chi connectivity index (χ2n) is 3.25. The van der Waals surface area contributed by atoms with Crippen LogP contribution in [0.1, 0.15) is 16.8 Å². The fourth-order valence-electron chi connectivity index (χ4n) is 1.16. The summed E-state index contributed by atoms with van der Waals surface area (Å²) in [5.74, 6) is -4.90. The van der Waals surface area contributed by atoms with Crippen LogP contribution in [0.25, 0.3) is 0 Å². The number of methoxy groups -OCH3 is 1. The van der Waals surface area contributed by atoms with E-state index in [4.69, 9.17) is 9.84 Å². The van der Waals surface area contributed by atoms with Crippen molar-refractivity contribution in [1.82, 2.24) is 0 Å². The molecule has 0 bridgehead atoms. The number of ether oxygens (including phenoxy) is 2. The lowest BCUT2D eigenvalue weighted by Crippen LogP contribution is -2.09. The van der Waals surface area contributed by atoms with E-state index in [0.717, 1.165) is 19.2 Å². The number of aliphatic carboxylic acids is 1. The molecule has 0 aliphatic heterocycles. The maximum absolute atomic E-state index is 13.2. The quantitative estimate of drug-likeness (QED) is 0.814. The topological polar surface area (TPSA) is 72.8 Å². The van der Waals surface area contributed by atoms with Gasteiger partial charge in [-0.1, -0.05) is 0 Å². The molecular formula is C11H10F2O5. The van der Waals surface area contributed by atoms with Gasteiger partial charge < -0.3 is 14.6 Å². The Bertz CT molecular complexity index is 473. The number of hydrogen-bond acceptors (Lipinski definition) is 4. The first kappa shape index (κ1) is 13.9. The standard InChI is InChI=1S/C11H10F2O5/c1-17-11(16)7-4-6(5-8(12)10(7)13)18-3-2-9(14)15/h4-5H,2-3H2,1H3,(H,14,15). The number of carbonyl (C=O) groups is 2. The van der Waals surface area contributed by atoms with Gasteiger partial charge in [0.15, 0.2) is 11.6 Å². The van der Waals surface area contributed by atoms with E-state index >= 15 is 0 Å². The van der Waals surface area contributed by atoms with Crippen molar-refractivity contribution >= 4 is 11.9 Å². The zero-order chi connectivity index (χ0) is 13.7. The summed E-state index contributed by atoms with van der Waals surface area (Å²) >= 11 is 0. The van der Waals surface area contributed by atoms with Gasteiger partial charge in [-0.3, -0.25) is 4.79 Å². The molecular weight excluding hydrogens is 250 g/mol. The first-order valence-electron chi connectivity index (χ1n) is 4.87. The summed E-state index contributed by atoms with van der Waals surface area (Å²) < 4.78 is 35.6. The summed E-state index contributed by atoms with van der Waals surface area (Å²) in [4.78, 5) is 21.4. The van der Waals surface area contributed by atoms with Crippen molar-refractivity contribution in [2.75, 3.05) is 13.7 Å². The van der Waals surface area contributed by atoms with E-state index in [0.29, 0.717) is 0 Å². The van der Waals surface area contributed by atoms with Gasteiger partial charge in [-0.25, -0.2) is 13.6 Å². The summed E-state index contributed by atoms with van der Waals surface area (Å²) in [6.07, 6.45) is -0.299. The van der Waals surface area contributed by atoms with Gasteiger partial charge in [-0.2, -0.15) is 0 Å². The molecule has 0 saturated heterocycles. The van der Waals surface area contributed by atoms with Crippen LogP contribution < -0.4 is 4.74 Å². The molecule has 18 heavy (non-hydrogen) atoms. The van der Waals surface area contributed by atoms with Gasteiger partial charge in [-0.05, 0) is 6.07 Å². The molecule has 1 N–H and O–H groups in total. The van der Waals surface area contributed by atoms with Gasteiger partial charge in [-0.15, -0.1) is 0 Å². The number of rotatable bonds is 5. The SMILES string of the molecule is COC(=O)c1cc(OCCC(=O)O)cc(F)c1F. The minimum Gasteiger partial charge on any atom is -0.493 e. The van der Waals surface area contributed by atoms with Crippen LogP contribution in [-0.4, -0.2) is 30.8 Å². The first-order valence-corrected chi connectivity index (χ1v) is 4.87. The molecule has 0 amide bonds. The lowest BCUT2D eigenvalue weighted by Gasteiger charge is -2.08. The van der Waals surface area contributed by atoms with E-state index in [2.05, 4.69) is 4.74 Å². The zero-order valence-electron chi connectivity index (χ0n) is 9.41. The number of hydrogen-bond donors (Lipinski definition) is 1. The average Bonchev–Trinajstić information content (AvgIpc) is 2.32. The van der Waals surface area contributed by atoms with Gasteiger partial charge in [0, 0.05) is 6.07 Å². The fraction of sp³-hybridized carbons (Fsp3) is 0.273. The zero-order valence-corrected chi connectivity index (χ0v) is 9.41. The predicted octanol–water partition coefficient (Wildman–Crippen LogP) is 1.60. The van der Waals surface area contributed by atoms with Crippen molar-refractivity contribution in [3.8, 4) is 5.75 Å². The molecule has 1 aromatic carbocycles. The van der Waals surface area contributed by atoms with E-state index in [-0.39, 0.29) is 18.8 Å². The molecule has 5 nitrogen and oxygen atoms in total. The van der Waals surface area contributed by atoms with Gasteiger partial charge in [0.2, 0.25) is 0 Å². The lowest BCUT2D eigenvalue weighted by atomic mass is 10.2. The molecule has 0 heterocycles. The molecule has 0 spiro atoms. The van der Waals surface area contributed by atoms with Gasteiger partial charge in [0.05, 0.1) is 20.1 Å². The highest BCUT2D eigenvalue weighted by molar-refractivity contribution is 5.90. The minimum absolute atomic E-state index is 0.143. The normalized spacial score (nSPS) is 9.94. The van der Waals surface area contributed by atoms with Crippen molar-refractivity contribution in [3.63, 3.8) is 0 Å². The number of esters is 1. The van der Waals surface area contributed by atoms with Gasteiger partial charge in [0.25, 0.3) is 0 Å². The second kappa shape index (κ2) is 5.95. The van der Waals surface area contributed by atoms with E-state index in [9.17, 15) is 18.4 Å². The fourth-order valence-corrected chi connectivity index (χ4v) is 1.16. The summed E-state index contributed by atoms with van der Waals surface area (Å²) in [7, 11) is 1.03. The van der Waals surface area contributed by atoms with Crippen molar-refractivity contribution < 1.29 is 33.0 Å². The smallest absolute Gasteiger partial charge is 0.341 e. The Morgan fingerprint density at radius 2 is 2.00 bits per heavy atom. The van der Waals surface area contributed by atoms with E-state index in [1.165, 1.54) is 0 Å². The highest BCUT2D eigenvalue weighted by atomic mass is 19.2. The predicted molar refractivity (Wildman–Crippen MR) is 55.4 cm³/mol. The molecule has 0 aliphatic rings. The Labute approximate surface area is 101 Å². The molecule has 0 fully saturated rings. The van der Waals surface area contributed by atoms with Gasteiger partial charge >= 0.3 is 11.9 Å². The van der Waals surface area contributed by atoms with Crippen molar-refractivity contribution in [2.45, 2.75) is 6.42 Å². The Morgan fingerprint density at radius 1 is 1.33 bits per heavy atom. The number of carboxylic acid groups (broad SMARTS) is 1. The first-order chi connectivity index (χ1) is 8.45. The van der Waals surface area contributed by atoms with Crippen molar-refractivity contribution in [3.05, 3.63) is 29.3 Å². The summed E-state index contributed by atoms with van der Waals surface area (Å²) in [6.45, 7) is -0.221. The number of carboxylic acids is 1. The third kappa shape index (κ3) is 3.41. The molecule has 98 valence electrons. The average molecular weight is 260 g/mol. The highest BCUT2D eigenvalue weighted by Crippen LogP contribution is 2.21. The van der Waals surface area contributed by atoms with Gasteiger partial charge in [0.1, 0.15) is 11.3 Å². The Balaban J connectivity index is 2.90. The van der Waals surface area contributed by atoms with Crippen molar-refractivity contribution in [2.24, 2.45) is 0 Å². The number of halogens is 2. The molecule has 0 unspecified atom stereocenters. The second-order valence-corrected chi connectivity index (χ2v) is 3.25. The van der Waals surface area contributed by atoms with E-state index < -0.39 is 29.1 Å². The molecule has 0 saturated carbocycles. The summed E-state index contributed by atoms with van der Waals surface area (Å²) in [5, 5.41) is 8.38. The maximum atomic E-state index is 13.2. The van der Waals surface area contributed by atoms with Crippen LogP contribution in [0.3, 0.4) is 0 Å². The third-order valence-corrected chi connectivity index (χ3v) is 1.99. The molecule has 0 radical (unpaired) electrons. The van der Waals surface area contributed by atoms with Crippen LogP contribution in [0.15, 0.2) is 12.1 Å². The Morgan fingerprint density at radius 3 is 2.56 bits per heavy atom. The molecule has 0 aliphatic carbocycles. The third-order valence-electron chi connectivity index (χ3n) is 1.99. The van der Waals surface area contributed by atoms with Crippen LogP contribution in [0, 0.1) is 11.6 Å². The van der Waals surface area contributed by atoms with Crippen molar-refractivity contribution in [1.29, 1.82) is 0 Å². The molecule has 0 aromatic heterocycles. The van der Waals surface area contributed by atoms with E-state index in [1.807, 2.05) is 0 Å². The number of carbonyl (C=O) groups excluding carboxylic acids is 1. The Hall–Kier alpha value is -2.18.